The summed E-state index contributed by atoms with van der Waals surface area (Å²) in [6, 6.07) is 7.24. The predicted molar refractivity (Wildman–Crippen MR) is 84.0 cm³/mol. The van der Waals surface area contributed by atoms with Crippen LogP contribution in [0, 0.1) is 0 Å². The second-order valence-electron chi connectivity index (χ2n) is 4.53. The van der Waals surface area contributed by atoms with E-state index in [1.807, 2.05) is 25.1 Å². The highest BCUT2D eigenvalue weighted by Crippen LogP contribution is 2.30. The third kappa shape index (κ3) is 3.72. The Balaban J connectivity index is 2.28. The quantitative estimate of drug-likeness (QED) is 0.844. The Hall–Kier alpha value is -2.08. The molecule has 1 aliphatic heterocycles. The minimum atomic E-state index is -0.488. The Morgan fingerprint density at radius 2 is 2.19 bits per heavy atom. The van der Waals surface area contributed by atoms with Gasteiger partial charge in [0.05, 0.1) is 4.91 Å². The molecule has 1 amide bonds. The molecule has 0 aliphatic carbocycles. The summed E-state index contributed by atoms with van der Waals surface area (Å²) in [5.41, 5.74) is 6.24. The third-order valence-electron chi connectivity index (χ3n) is 2.94. The first kappa shape index (κ1) is 15.3. The number of aliphatic imine (C=N–C) groups is 1. The summed E-state index contributed by atoms with van der Waals surface area (Å²) in [6.45, 7) is 3.39. The van der Waals surface area contributed by atoms with Gasteiger partial charge in [0.15, 0.2) is 17.1 Å². The van der Waals surface area contributed by atoms with Crippen molar-refractivity contribution in [3.63, 3.8) is 0 Å². The molecule has 1 aliphatic rings. The summed E-state index contributed by atoms with van der Waals surface area (Å²) >= 11 is 1.12. The number of amidine groups is 1. The van der Waals surface area contributed by atoms with Crippen LogP contribution < -0.4 is 10.5 Å². The van der Waals surface area contributed by atoms with Crippen molar-refractivity contribution in [3.05, 3.63) is 34.7 Å². The van der Waals surface area contributed by atoms with Crippen LogP contribution in [0.25, 0.3) is 6.08 Å². The van der Waals surface area contributed by atoms with Crippen molar-refractivity contribution in [2.24, 2.45) is 10.7 Å². The number of nitrogens with zero attached hydrogens (tertiary/aromatic N) is 1. The molecular formula is C15H16N2O3S. The van der Waals surface area contributed by atoms with Crippen LogP contribution in [0.2, 0.25) is 0 Å². The fourth-order valence-corrected chi connectivity index (χ4v) is 2.55. The van der Waals surface area contributed by atoms with Crippen molar-refractivity contribution >= 4 is 34.7 Å². The van der Waals surface area contributed by atoms with Crippen molar-refractivity contribution in [2.75, 3.05) is 0 Å². The van der Waals surface area contributed by atoms with Gasteiger partial charge in [0.25, 0.3) is 5.91 Å². The molecule has 21 heavy (non-hydrogen) atoms. The van der Waals surface area contributed by atoms with Crippen LogP contribution in [-0.2, 0) is 9.59 Å². The van der Waals surface area contributed by atoms with Crippen LogP contribution >= 0.6 is 11.8 Å². The van der Waals surface area contributed by atoms with Crippen LogP contribution in [0.3, 0.4) is 0 Å². The lowest BCUT2D eigenvalue weighted by atomic mass is 10.1. The second-order valence-corrected chi connectivity index (χ2v) is 5.59. The van der Waals surface area contributed by atoms with Crippen LogP contribution in [0.15, 0.2) is 34.2 Å². The van der Waals surface area contributed by atoms with Gasteiger partial charge < -0.3 is 10.5 Å². The molecule has 0 saturated heterocycles. The van der Waals surface area contributed by atoms with Gasteiger partial charge in [0, 0.05) is 5.56 Å². The first-order valence-electron chi connectivity index (χ1n) is 6.55. The van der Waals surface area contributed by atoms with E-state index in [0.29, 0.717) is 17.1 Å². The number of rotatable bonds is 5. The first-order valence-corrected chi connectivity index (χ1v) is 7.37. The number of hydrogen-bond acceptors (Lipinski definition) is 5. The average Bonchev–Trinajstić information content (AvgIpc) is 2.75. The minimum absolute atomic E-state index is 0.0288. The Bertz CT molecular complexity index is 638. The highest BCUT2D eigenvalue weighted by molar-refractivity contribution is 8.18. The van der Waals surface area contributed by atoms with E-state index in [1.165, 1.54) is 6.92 Å². The van der Waals surface area contributed by atoms with Gasteiger partial charge in [-0.3, -0.25) is 9.59 Å². The van der Waals surface area contributed by atoms with Gasteiger partial charge in [-0.15, -0.1) is 0 Å². The standard InChI is InChI=1S/C15H16N2O3S/c1-3-11(9(2)18)20-12-7-5-4-6-10(12)8-13-14(19)17-15(16)21-13/h4-8,11H,3H2,1-2H3,(H2,16,17,19)/b13-8-. The molecule has 2 rings (SSSR count). The molecule has 1 aromatic carbocycles. The molecule has 6 heteroatoms. The van der Waals surface area contributed by atoms with Crippen molar-refractivity contribution in [3.8, 4) is 5.75 Å². The fraction of sp³-hybridized carbons (Fsp3) is 0.267. The molecule has 2 N–H and O–H groups in total. The summed E-state index contributed by atoms with van der Waals surface area (Å²) in [4.78, 5) is 27.2. The number of amides is 1. The number of nitrogens with two attached hydrogens (primary N) is 1. The highest BCUT2D eigenvalue weighted by Gasteiger charge is 2.21. The van der Waals surface area contributed by atoms with Gasteiger partial charge in [0.2, 0.25) is 0 Å². The molecule has 1 atom stereocenters. The highest BCUT2D eigenvalue weighted by atomic mass is 32.2. The summed E-state index contributed by atoms with van der Waals surface area (Å²) in [6.07, 6.45) is 1.78. The number of hydrogen-bond donors (Lipinski definition) is 1. The van der Waals surface area contributed by atoms with Gasteiger partial charge in [-0.1, -0.05) is 25.1 Å². The number of Topliss-reactive ketones (excluding diaryl/α,β-unsaturated/α-hetero) is 1. The maximum absolute atomic E-state index is 11.6. The Morgan fingerprint density at radius 1 is 1.48 bits per heavy atom. The largest absolute Gasteiger partial charge is 0.482 e. The van der Waals surface area contributed by atoms with Crippen molar-refractivity contribution < 1.29 is 14.3 Å². The van der Waals surface area contributed by atoms with E-state index in [-0.39, 0.29) is 16.9 Å². The SMILES string of the molecule is CCC(Oc1ccccc1/C=C1\SC(N)=NC1=O)C(C)=O. The van der Waals surface area contributed by atoms with E-state index >= 15 is 0 Å². The lowest BCUT2D eigenvalue weighted by Crippen LogP contribution is -2.24. The van der Waals surface area contributed by atoms with Crippen molar-refractivity contribution in [2.45, 2.75) is 26.4 Å². The maximum atomic E-state index is 11.6. The van der Waals surface area contributed by atoms with Crippen molar-refractivity contribution in [1.82, 2.24) is 0 Å². The predicted octanol–water partition coefficient (Wildman–Crippen LogP) is 2.36. The number of carbonyl (C=O) groups is 2. The molecule has 0 spiro atoms. The smallest absolute Gasteiger partial charge is 0.286 e. The lowest BCUT2D eigenvalue weighted by molar-refractivity contribution is -0.123. The van der Waals surface area contributed by atoms with Crippen LogP contribution in [0.4, 0.5) is 0 Å². The fourth-order valence-electron chi connectivity index (χ4n) is 1.88. The van der Waals surface area contributed by atoms with Crippen LogP contribution in [0.1, 0.15) is 25.8 Å². The van der Waals surface area contributed by atoms with Gasteiger partial charge in [-0.05, 0) is 37.2 Å². The van der Waals surface area contributed by atoms with E-state index in [4.69, 9.17) is 10.5 Å². The normalized spacial score (nSPS) is 17.7. The molecule has 5 nitrogen and oxygen atoms in total. The van der Waals surface area contributed by atoms with Crippen LogP contribution in [0.5, 0.6) is 5.75 Å². The van der Waals surface area contributed by atoms with Gasteiger partial charge >= 0.3 is 0 Å². The molecular weight excluding hydrogens is 288 g/mol. The molecule has 110 valence electrons. The molecule has 0 fully saturated rings. The number of thioether (sulfide) groups is 1. The number of ether oxygens (including phenoxy) is 1. The Labute approximate surface area is 127 Å². The molecule has 0 radical (unpaired) electrons. The van der Waals surface area contributed by atoms with E-state index in [1.54, 1.807) is 12.1 Å². The zero-order chi connectivity index (χ0) is 15.4. The van der Waals surface area contributed by atoms with Crippen LogP contribution in [-0.4, -0.2) is 23.0 Å². The Morgan fingerprint density at radius 3 is 2.76 bits per heavy atom. The monoisotopic (exact) mass is 304 g/mol. The number of para-hydroxylation sites is 1. The molecule has 0 bridgehead atoms. The minimum Gasteiger partial charge on any atom is -0.482 e. The van der Waals surface area contributed by atoms with Gasteiger partial charge in [-0.25, -0.2) is 0 Å². The maximum Gasteiger partial charge on any atom is 0.286 e. The van der Waals surface area contributed by atoms with Gasteiger partial charge in [-0.2, -0.15) is 4.99 Å². The molecule has 0 saturated carbocycles. The molecule has 1 unspecified atom stereocenters. The summed E-state index contributed by atoms with van der Waals surface area (Å²) in [7, 11) is 0. The zero-order valence-corrected chi connectivity index (χ0v) is 12.6. The molecule has 0 aromatic heterocycles. The molecule has 1 heterocycles. The lowest BCUT2D eigenvalue weighted by Gasteiger charge is -2.16. The zero-order valence-electron chi connectivity index (χ0n) is 11.8. The molecule has 1 aromatic rings. The van der Waals surface area contributed by atoms with E-state index < -0.39 is 6.10 Å². The summed E-state index contributed by atoms with van der Waals surface area (Å²) in [5, 5.41) is 0.236. The summed E-state index contributed by atoms with van der Waals surface area (Å²) < 4.78 is 5.75. The second kappa shape index (κ2) is 6.58. The number of benzene rings is 1. The topological polar surface area (TPSA) is 81.8 Å². The summed E-state index contributed by atoms with van der Waals surface area (Å²) in [5.74, 6) is 0.177. The van der Waals surface area contributed by atoms with Gasteiger partial charge in [0.1, 0.15) is 5.75 Å². The van der Waals surface area contributed by atoms with E-state index in [9.17, 15) is 9.59 Å². The number of ketones is 1. The van der Waals surface area contributed by atoms with E-state index in [0.717, 1.165) is 17.3 Å². The Kier molecular flexibility index (Phi) is 4.80. The van der Waals surface area contributed by atoms with Crippen molar-refractivity contribution in [1.29, 1.82) is 0 Å². The average molecular weight is 304 g/mol. The number of carbonyl (C=O) groups excluding carboxylic acids is 2. The third-order valence-corrected chi connectivity index (χ3v) is 3.75. The first-order chi connectivity index (χ1) is 10.0. The van der Waals surface area contributed by atoms with E-state index in [2.05, 4.69) is 4.99 Å².